The first kappa shape index (κ1) is 15.6. The SMILES string of the molecule is COc1ccc(N)cc1C(=O)N1CCC(OCCO)CC1. The number of hydrogen-bond acceptors (Lipinski definition) is 5. The maximum atomic E-state index is 12.6. The fourth-order valence-corrected chi connectivity index (χ4v) is 2.51. The Morgan fingerprint density at radius 2 is 2.14 bits per heavy atom. The van der Waals surface area contributed by atoms with Crippen LogP contribution >= 0.6 is 0 Å². The Hall–Kier alpha value is -1.79. The van der Waals surface area contributed by atoms with Crippen molar-refractivity contribution in [3.63, 3.8) is 0 Å². The minimum Gasteiger partial charge on any atom is -0.496 e. The molecule has 1 aromatic carbocycles. The number of likely N-dealkylation sites (tertiary alicyclic amines) is 1. The van der Waals surface area contributed by atoms with Crippen molar-refractivity contribution in [1.82, 2.24) is 4.90 Å². The van der Waals surface area contributed by atoms with Crippen molar-refractivity contribution in [3.8, 4) is 5.75 Å². The molecule has 1 aromatic rings. The molecule has 1 saturated heterocycles. The highest BCUT2D eigenvalue weighted by atomic mass is 16.5. The second-order valence-corrected chi connectivity index (χ2v) is 5.05. The van der Waals surface area contributed by atoms with Gasteiger partial charge in [-0.1, -0.05) is 0 Å². The molecule has 3 N–H and O–H groups in total. The Balaban J connectivity index is 2.00. The zero-order valence-electron chi connectivity index (χ0n) is 12.2. The van der Waals surface area contributed by atoms with Crippen molar-refractivity contribution in [2.75, 3.05) is 39.1 Å². The quantitative estimate of drug-likeness (QED) is 0.788. The standard InChI is InChI=1S/C15H22N2O4/c1-20-14-3-2-11(16)10-13(14)15(19)17-6-4-12(5-7-17)21-9-8-18/h2-3,10,12,18H,4-9,16H2,1H3. The number of methoxy groups -OCH3 is 1. The van der Waals surface area contributed by atoms with E-state index in [-0.39, 0.29) is 18.6 Å². The molecule has 6 heteroatoms. The molecule has 2 rings (SSSR count). The third-order valence-electron chi connectivity index (χ3n) is 3.63. The number of nitrogens with two attached hydrogens (primary N) is 1. The van der Waals surface area contributed by atoms with Gasteiger partial charge in [-0.2, -0.15) is 0 Å². The summed E-state index contributed by atoms with van der Waals surface area (Å²) in [5, 5.41) is 8.75. The van der Waals surface area contributed by atoms with E-state index in [0.29, 0.717) is 36.7 Å². The molecule has 1 amide bonds. The Bertz CT molecular complexity index is 485. The van der Waals surface area contributed by atoms with Crippen LogP contribution in [0.1, 0.15) is 23.2 Å². The lowest BCUT2D eigenvalue weighted by Gasteiger charge is -2.32. The summed E-state index contributed by atoms with van der Waals surface area (Å²) in [7, 11) is 1.54. The number of anilines is 1. The molecular weight excluding hydrogens is 272 g/mol. The normalized spacial score (nSPS) is 16.0. The summed E-state index contributed by atoms with van der Waals surface area (Å²) < 4.78 is 10.7. The van der Waals surface area contributed by atoms with Gasteiger partial charge in [-0.3, -0.25) is 4.79 Å². The van der Waals surface area contributed by atoms with E-state index in [1.807, 2.05) is 0 Å². The number of benzene rings is 1. The van der Waals surface area contributed by atoms with Crippen molar-refractivity contribution in [1.29, 1.82) is 0 Å². The predicted molar refractivity (Wildman–Crippen MR) is 79.4 cm³/mol. The fraction of sp³-hybridized carbons (Fsp3) is 0.533. The Morgan fingerprint density at radius 3 is 2.76 bits per heavy atom. The minimum absolute atomic E-state index is 0.0274. The van der Waals surface area contributed by atoms with Gasteiger partial charge in [-0.25, -0.2) is 0 Å². The van der Waals surface area contributed by atoms with Gasteiger partial charge in [-0.15, -0.1) is 0 Å². The van der Waals surface area contributed by atoms with Crippen LogP contribution in [0.15, 0.2) is 18.2 Å². The predicted octanol–water partition coefficient (Wildman–Crippen LogP) is 0.891. The summed E-state index contributed by atoms with van der Waals surface area (Å²) in [6.07, 6.45) is 1.66. The summed E-state index contributed by atoms with van der Waals surface area (Å²) in [4.78, 5) is 14.3. The highest BCUT2D eigenvalue weighted by Crippen LogP contribution is 2.24. The van der Waals surface area contributed by atoms with E-state index in [0.717, 1.165) is 12.8 Å². The van der Waals surface area contributed by atoms with Crippen molar-refractivity contribution in [2.45, 2.75) is 18.9 Å². The van der Waals surface area contributed by atoms with Crippen molar-refractivity contribution in [2.24, 2.45) is 0 Å². The van der Waals surface area contributed by atoms with Gasteiger partial charge >= 0.3 is 0 Å². The molecule has 116 valence electrons. The van der Waals surface area contributed by atoms with Crippen LogP contribution in [-0.4, -0.2) is 55.4 Å². The van der Waals surface area contributed by atoms with E-state index in [4.69, 9.17) is 20.3 Å². The van der Waals surface area contributed by atoms with Gasteiger partial charge in [0.2, 0.25) is 0 Å². The van der Waals surface area contributed by atoms with Gasteiger partial charge in [0.15, 0.2) is 0 Å². The first-order chi connectivity index (χ1) is 10.2. The van der Waals surface area contributed by atoms with Gasteiger partial charge in [0.05, 0.1) is 32.0 Å². The van der Waals surface area contributed by atoms with E-state index in [2.05, 4.69) is 0 Å². The molecule has 0 radical (unpaired) electrons. The molecule has 1 aliphatic rings. The topological polar surface area (TPSA) is 85.0 Å². The van der Waals surface area contributed by atoms with Gasteiger partial charge < -0.3 is 25.2 Å². The van der Waals surface area contributed by atoms with Gasteiger partial charge in [0.1, 0.15) is 5.75 Å². The van der Waals surface area contributed by atoms with Crippen LogP contribution in [0.5, 0.6) is 5.75 Å². The minimum atomic E-state index is -0.0697. The van der Waals surface area contributed by atoms with Crippen LogP contribution in [0.2, 0.25) is 0 Å². The Kier molecular flexibility index (Phi) is 5.41. The molecular formula is C15H22N2O4. The first-order valence-corrected chi connectivity index (χ1v) is 7.11. The number of nitrogen functional groups attached to an aromatic ring is 1. The van der Waals surface area contributed by atoms with Crippen molar-refractivity contribution < 1.29 is 19.4 Å². The van der Waals surface area contributed by atoms with Crippen molar-refractivity contribution >= 4 is 11.6 Å². The number of amides is 1. The zero-order valence-corrected chi connectivity index (χ0v) is 12.2. The highest BCUT2D eigenvalue weighted by molar-refractivity contribution is 5.97. The maximum absolute atomic E-state index is 12.6. The number of ether oxygens (including phenoxy) is 2. The number of carbonyl (C=O) groups excluding carboxylic acids is 1. The average Bonchev–Trinajstić information content (AvgIpc) is 2.52. The largest absolute Gasteiger partial charge is 0.496 e. The monoisotopic (exact) mass is 294 g/mol. The molecule has 0 unspecified atom stereocenters. The Morgan fingerprint density at radius 1 is 1.43 bits per heavy atom. The number of rotatable bonds is 5. The summed E-state index contributed by atoms with van der Waals surface area (Å²) in [6.45, 7) is 1.64. The van der Waals surface area contributed by atoms with Gasteiger partial charge in [-0.05, 0) is 31.0 Å². The van der Waals surface area contributed by atoms with Gasteiger partial charge in [0.25, 0.3) is 5.91 Å². The number of nitrogens with zero attached hydrogens (tertiary/aromatic N) is 1. The van der Waals surface area contributed by atoms with Crippen LogP contribution in [0.3, 0.4) is 0 Å². The summed E-state index contributed by atoms with van der Waals surface area (Å²) in [5.74, 6) is 0.465. The van der Waals surface area contributed by atoms with E-state index in [1.165, 1.54) is 7.11 Å². The highest BCUT2D eigenvalue weighted by Gasteiger charge is 2.25. The number of piperidine rings is 1. The maximum Gasteiger partial charge on any atom is 0.257 e. The third kappa shape index (κ3) is 3.86. The molecule has 1 heterocycles. The van der Waals surface area contributed by atoms with E-state index < -0.39 is 0 Å². The molecule has 6 nitrogen and oxygen atoms in total. The summed E-state index contributed by atoms with van der Waals surface area (Å²) >= 11 is 0. The van der Waals surface area contributed by atoms with Crippen LogP contribution in [0.25, 0.3) is 0 Å². The van der Waals surface area contributed by atoms with Crippen LogP contribution in [0.4, 0.5) is 5.69 Å². The van der Waals surface area contributed by atoms with Crippen LogP contribution in [-0.2, 0) is 4.74 Å². The molecule has 0 saturated carbocycles. The molecule has 0 atom stereocenters. The van der Waals surface area contributed by atoms with Gasteiger partial charge in [0, 0.05) is 18.8 Å². The smallest absolute Gasteiger partial charge is 0.257 e. The number of aliphatic hydroxyl groups is 1. The molecule has 0 aliphatic carbocycles. The second-order valence-electron chi connectivity index (χ2n) is 5.05. The first-order valence-electron chi connectivity index (χ1n) is 7.11. The second kappa shape index (κ2) is 7.28. The third-order valence-corrected chi connectivity index (χ3v) is 3.63. The fourth-order valence-electron chi connectivity index (χ4n) is 2.51. The Labute approximate surface area is 124 Å². The number of carbonyl (C=O) groups is 1. The molecule has 0 spiro atoms. The average molecular weight is 294 g/mol. The lowest BCUT2D eigenvalue weighted by atomic mass is 10.1. The molecule has 1 aliphatic heterocycles. The summed E-state index contributed by atoms with van der Waals surface area (Å²) in [6, 6.07) is 5.07. The molecule has 21 heavy (non-hydrogen) atoms. The van der Waals surface area contributed by atoms with E-state index >= 15 is 0 Å². The van der Waals surface area contributed by atoms with E-state index in [9.17, 15) is 4.79 Å². The number of aliphatic hydroxyl groups excluding tert-OH is 1. The van der Waals surface area contributed by atoms with Crippen LogP contribution < -0.4 is 10.5 Å². The van der Waals surface area contributed by atoms with Crippen molar-refractivity contribution in [3.05, 3.63) is 23.8 Å². The molecule has 1 fully saturated rings. The molecule has 0 aromatic heterocycles. The van der Waals surface area contributed by atoms with Crippen LogP contribution in [0, 0.1) is 0 Å². The molecule has 0 bridgehead atoms. The number of hydrogen-bond donors (Lipinski definition) is 2. The lowest BCUT2D eigenvalue weighted by Crippen LogP contribution is -2.41. The van der Waals surface area contributed by atoms with E-state index in [1.54, 1.807) is 23.1 Å². The lowest BCUT2D eigenvalue weighted by molar-refractivity contribution is -0.00558. The zero-order chi connectivity index (χ0) is 15.2. The summed E-state index contributed by atoms with van der Waals surface area (Å²) in [5.41, 5.74) is 6.79.